The quantitative estimate of drug-likeness (QED) is 0.793. The van der Waals surface area contributed by atoms with E-state index in [1.807, 2.05) is 23.6 Å². The third-order valence-electron chi connectivity index (χ3n) is 6.74. The summed E-state index contributed by atoms with van der Waals surface area (Å²) in [4.78, 5) is 15.0. The summed E-state index contributed by atoms with van der Waals surface area (Å²) in [6, 6.07) is 4.62. The number of pyridine rings is 1. The predicted octanol–water partition coefficient (Wildman–Crippen LogP) is 2.17. The standard InChI is InChI=1S/C23H31N5OS/c1-27-11-12-28(15-18(27)9-13-29-2)21-19-17(8-5-10-24-19)14-25-23-20(21)26-22(30-23)16-6-3-4-7-16/h5,8,10,14,16,18,25H,3-4,6-7,9,11-13,15H2,1-2H3. The van der Waals surface area contributed by atoms with Crippen molar-refractivity contribution in [1.29, 1.82) is 0 Å². The predicted molar refractivity (Wildman–Crippen MR) is 122 cm³/mol. The number of hydrogen-bond donors (Lipinski definition) is 1. The smallest absolute Gasteiger partial charge is 0.124 e. The zero-order valence-corrected chi connectivity index (χ0v) is 18.7. The molecule has 0 aromatic carbocycles. The van der Waals surface area contributed by atoms with E-state index in [0.717, 1.165) is 53.9 Å². The molecule has 0 radical (unpaired) electrons. The Hall–Kier alpha value is -1.96. The van der Waals surface area contributed by atoms with Crippen molar-refractivity contribution in [3.8, 4) is 0 Å². The number of nitrogens with zero attached hydrogens (tertiary/aromatic N) is 4. The molecule has 2 aromatic rings. The van der Waals surface area contributed by atoms with Gasteiger partial charge in [-0.2, -0.15) is 0 Å². The minimum atomic E-state index is 0.468. The molecule has 30 heavy (non-hydrogen) atoms. The Morgan fingerprint density at radius 3 is 2.97 bits per heavy atom. The van der Waals surface area contributed by atoms with Crippen molar-refractivity contribution < 1.29 is 4.74 Å². The summed E-state index contributed by atoms with van der Waals surface area (Å²) >= 11 is 1.84. The van der Waals surface area contributed by atoms with Crippen LogP contribution in [0.5, 0.6) is 0 Å². The normalized spacial score (nSPS) is 22.3. The largest absolute Gasteiger partial charge is 0.385 e. The number of likely N-dealkylation sites (N-methyl/N-ethyl adjacent to an activating group) is 1. The summed E-state index contributed by atoms with van der Waals surface area (Å²) in [5.41, 5.74) is 2.28. The second-order valence-corrected chi connectivity index (χ2v) is 9.68. The first-order valence-electron chi connectivity index (χ1n) is 11.1. The molecule has 160 valence electrons. The van der Waals surface area contributed by atoms with Crippen LogP contribution in [-0.2, 0) is 4.74 Å². The van der Waals surface area contributed by atoms with E-state index in [1.165, 1.54) is 36.4 Å². The van der Waals surface area contributed by atoms with Crippen LogP contribution in [-0.4, -0.2) is 66.2 Å². The molecule has 1 saturated heterocycles. The number of fused-ring (bicyclic) bond motifs is 2. The Labute approximate surface area is 182 Å². The second kappa shape index (κ2) is 8.65. The number of ether oxygens (including phenoxy) is 1. The van der Waals surface area contributed by atoms with Crippen LogP contribution in [0.2, 0.25) is 0 Å². The van der Waals surface area contributed by atoms with E-state index in [1.54, 1.807) is 7.11 Å². The fourth-order valence-corrected chi connectivity index (χ4v) is 6.05. The van der Waals surface area contributed by atoms with Gasteiger partial charge in [-0.05, 0) is 38.4 Å². The summed E-state index contributed by atoms with van der Waals surface area (Å²) in [5, 5.41) is 8.19. The molecular formula is C23H31N5OS. The first-order valence-corrected chi connectivity index (χ1v) is 11.9. The number of thiazole rings is 1. The van der Waals surface area contributed by atoms with Crippen molar-refractivity contribution in [2.75, 3.05) is 45.7 Å². The molecule has 1 aliphatic carbocycles. The van der Waals surface area contributed by atoms with Gasteiger partial charge in [0.15, 0.2) is 0 Å². The first-order chi connectivity index (χ1) is 14.7. The molecule has 6 nitrogen and oxygen atoms in total. The van der Waals surface area contributed by atoms with Gasteiger partial charge in [-0.1, -0.05) is 12.8 Å². The number of aromatic nitrogens is 2. The monoisotopic (exact) mass is 425 g/mol. The molecule has 1 atom stereocenters. The number of nitrogens with one attached hydrogen (secondary N) is 1. The molecule has 2 aliphatic heterocycles. The van der Waals surface area contributed by atoms with Gasteiger partial charge in [-0.3, -0.25) is 9.88 Å². The van der Waals surface area contributed by atoms with Crippen LogP contribution in [0.25, 0.3) is 11.9 Å². The van der Waals surface area contributed by atoms with Gasteiger partial charge < -0.3 is 15.0 Å². The summed E-state index contributed by atoms with van der Waals surface area (Å²) < 4.78 is 5.38. The van der Waals surface area contributed by atoms with Crippen molar-refractivity contribution >= 4 is 28.2 Å². The van der Waals surface area contributed by atoms with Crippen LogP contribution in [0.3, 0.4) is 0 Å². The summed E-state index contributed by atoms with van der Waals surface area (Å²) in [6.45, 7) is 3.78. The van der Waals surface area contributed by atoms with Crippen molar-refractivity contribution in [1.82, 2.24) is 19.8 Å². The third-order valence-corrected chi connectivity index (χ3v) is 7.89. The number of hydrogen-bond acceptors (Lipinski definition) is 7. The Balaban J connectivity index is 1.58. The highest BCUT2D eigenvalue weighted by Crippen LogP contribution is 2.41. The zero-order chi connectivity index (χ0) is 20.5. The van der Waals surface area contributed by atoms with Gasteiger partial charge in [0.25, 0.3) is 0 Å². The average Bonchev–Trinajstić information content (AvgIpc) is 3.41. The Kier molecular flexibility index (Phi) is 5.76. The van der Waals surface area contributed by atoms with Crippen molar-refractivity contribution in [2.45, 2.75) is 44.1 Å². The van der Waals surface area contributed by atoms with Gasteiger partial charge in [0.1, 0.15) is 10.7 Å². The van der Waals surface area contributed by atoms with Gasteiger partial charge in [0.05, 0.1) is 16.1 Å². The van der Waals surface area contributed by atoms with Crippen molar-refractivity contribution in [3.05, 3.63) is 39.6 Å². The molecule has 2 fully saturated rings. The van der Waals surface area contributed by atoms with Gasteiger partial charge >= 0.3 is 0 Å². The molecule has 1 N–H and O–H groups in total. The number of rotatable bonds is 5. The minimum absolute atomic E-state index is 0.468. The van der Waals surface area contributed by atoms with Crippen LogP contribution >= 0.6 is 11.3 Å². The van der Waals surface area contributed by atoms with Crippen LogP contribution in [0, 0.1) is 0 Å². The van der Waals surface area contributed by atoms with E-state index < -0.39 is 0 Å². The second-order valence-electron chi connectivity index (χ2n) is 8.65. The molecule has 4 heterocycles. The molecule has 7 heteroatoms. The summed E-state index contributed by atoms with van der Waals surface area (Å²) in [6.07, 6.45) is 10.2. The maximum atomic E-state index is 5.38. The van der Waals surface area contributed by atoms with Gasteiger partial charge in [-0.15, -0.1) is 11.3 Å². The van der Waals surface area contributed by atoms with Gasteiger partial charge in [0, 0.05) is 62.9 Å². The van der Waals surface area contributed by atoms with Crippen LogP contribution in [0.15, 0.2) is 18.3 Å². The number of anilines is 1. The average molecular weight is 426 g/mol. The Morgan fingerprint density at radius 2 is 2.13 bits per heavy atom. The Morgan fingerprint density at radius 1 is 1.27 bits per heavy atom. The van der Waals surface area contributed by atoms with Crippen LogP contribution < -0.4 is 15.9 Å². The topological polar surface area (TPSA) is 53.5 Å². The lowest BCUT2D eigenvalue weighted by Crippen LogP contribution is -2.52. The van der Waals surface area contributed by atoms with E-state index in [9.17, 15) is 0 Å². The van der Waals surface area contributed by atoms with E-state index >= 15 is 0 Å². The fourth-order valence-electron chi connectivity index (χ4n) is 4.94. The lowest BCUT2D eigenvalue weighted by Gasteiger charge is -2.41. The molecule has 1 saturated carbocycles. The van der Waals surface area contributed by atoms with E-state index in [4.69, 9.17) is 14.7 Å². The molecule has 0 amide bonds. The SMILES string of the molecule is COCCC1CN(C2=c3ncccc3=CNc3sc(C4CCCC4)nc32)CCN1C. The fraction of sp³-hybridized carbons (Fsp3) is 0.565. The van der Waals surface area contributed by atoms with Crippen molar-refractivity contribution in [3.63, 3.8) is 0 Å². The van der Waals surface area contributed by atoms with Crippen LogP contribution in [0.4, 0.5) is 5.00 Å². The molecule has 5 rings (SSSR count). The highest BCUT2D eigenvalue weighted by Gasteiger charge is 2.31. The minimum Gasteiger partial charge on any atom is -0.385 e. The molecular weight excluding hydrogens is 394 g/mol. The van der Waals surface area contributed by atoms with Gasteiger partial charge in [0.2, 0.25) is 0 Å². The summed E-state index contributed by atoms with van der Waals surface area (Å²) in [5.74, 6) is 0.620. The van der Waals surface area contributed by atoms with Crippen LogP contribution in [0.1, 0.15) is 48.7 Å². The molecule has 2 aromatic heterocycles. The highest BCUT2D eigenvalue weighted by molar-refractivity contribution is 7.16. The zero-order valence-electron chi connectivity index (χ0n) is 17.9. The van der Waals surface area contributed by atoms with E-state index in [0.29, 0.717) is 12.0 Å². The van der Waals surface area contributed by atoms with Crippen molar-refractivity contribution in [2.24, 2.45) is 0 Å². The number of piperazine rings is 1. The lowest BCUT2D eigenvalue weighted by atomic mass is 10.1. The molecule has 0 bridgehead atoms. The highest BCUT2D eigenvalue weighted by atomic mass is 32.1. The third kappa shape index (κ3) is 3.74. The molecule has 0 spiro atoms. The molecule has 1 unspecified atom stereocenters. The van der Waals surface area contributed by atoms with E-state index in [2.05, 4.69) is 34.4 Å². The maximum Gasteiger partial charge on any atom is 0.124 e. The first kappa shape index (κ1) is 20.0. The summed E-state index contributed by atoms with van der Waals surface area (Å²) in [7, 11) is 4.01. The van der Waals surface area contributed by atoms with Gasteiger partial charge in [-0.25, -0.2) is 4.98 Å². The maximum absolute atomic E-state index is 5.38. The number of methoxy groups -OCH3 is 1. The lowest BCUT2D eigenvalue weighted by molar-refractivity contribution is 0.0959. The Bertz CT molecular complexity index is 1010. The molecule has 3 aliphatic rings. The van der Waals surface area contributed by atoms with E-state index in [-0.39, 0.29) is 0 Å².